The number of amides is 1. The number of ether oxygens (including phenoxy) is 1. The summed E-state index contributed by atoms with van der Waals surface area (Å²) >= 11 is 0. The highest BCUT2D eigenvalue weighted by atomic mass is 16.5. The van der Waals surface area contributed by atoms with E-state index < -0.39 is 5.97 Å². The number of hydrogen-bond donors (Lipinski definition) is 2. The highest BCUT2D eigenvalue weighted by Gasteiger charge is 2.11. The molecule has 1 aromatic heterocycles. The van der Waals surface area contributed by atoms with Crippen molar-refractivity contribution in [1.82, 2.24) is 14.9 Å². The molecule has 0 bridgehead atoms. The van der Waals surface area contributed by atoms with Crippen molar-refractivity contribution in [2.24, 2.45) is 0 Å². The molecule has 0 aliphatic heterocycles. The Bertz CT molecular complexity index is 764. The number of nitrogens with zero attached hydrogens (tertiary/aromatic N) is 3. The van der Waals surface area contributed by atoms with E-state index in [9.17, 15) is 9.59 Å². The summed E-state index contributed by atoms with van der Waals surface area (Å²) in [6.07, 6.45) is 2.30. The Morgan fingerprint density at radius 2 is 2.00 bits per heavy atom. The first-order valence-electron chi connectivity index (χ1n) is 8.20. The largest absolute Gasteiger partial charge is 0.465 e. The van der Waals surface area contributed by atoms with Crippen molar-refractivity contribution in [3.8, 4) is 0 Å². The van der Waals surface area contributed by atoms with Gasteiger partial charge < -0.3 is 20.3 Å². The molecule has 26 heavy (non-hydrogen) atoms. The van der Waals surface area contributed by atoms with Crippen LogP contribution in [-0.4, -0.2) is 61.0 Å². The zero-order valence-electron chi connectivity index (χ0n) is 15.2. The van der Waals surface area contributed by atoms with Gasteiger partial charge in [0, 0.05) is 18.3 Å². The summed E-state index contributed by atoms with van der Waals surface area (Å²) in [6, 6.07) is 8.11. The van der Waals surface area contributed by atoms with E-state index in [0.29, 0.717) is 17.1 Å². The first-order chi connectivity index (χ1) is 12.5. The van der Waals surface area contributed by atoms with E-state index in [1.54, 1.807) is 30.3 Å². The summed E-state index contributed by atoms with van der Waals surface area (Å²) in [5.41, 5.74) is 1.08. The van der Waals surface area contributed by atoms with Gasteiger partial charge in [0.2, 0.25) is 0 Å². The highest BCUT2D eigenvalue weighted by Crippen LogP contribution is 2.13. The molecule has 0 saturated heterocycles. The fourth-order valence-corrected chi connectivity index (χ4v) is 2.23. The maximum absolute atomic E-state index is 12.4. The third-order valence-corrected chi connectivity index (χ3v) is 3.53. The van der Waals surface area contributed by atoms with Gasteiger partial charge in [-0.1, -0.05) is 6.07 Å². The van der Waals surface area contributed by atoms with Crippen LogP contribution in [0.5, 0.6) is 0 Å². The number of esters is 1. The summed E-state index contributed by atoms with van der Waals surface area (Å²) in [5.74, 6) is -0.259. The zero-order valence-corrected chi connectivity index (χ0v) is 15.2. The molecule has 0 atom stereocenters. The van der Waals surface area contributed by atoms with Gasteiger partial charge in [0.05, 0.1) is 12.7 Å². The lowest BCUT2D eigenvalue weighted by Gasteiger charge is -2.10. The molecule has 0 aliphatic rings. The Kier molecular flexibility index (Phi) is 7.04. The third kappa shape index (κ3) is 5.82. The second kappa shape index (κ2) is 9.47. The lowest BCUT2D eigenvalue weighted by atomic mass is 10.2. The predicted molar refractivity (Wildman–Crippen MR) is 99.4 cm³/mol. The normalized spacial score (nSPS) is 10.5. The molecule has 0 spiro atoms. The van der Waals surface area contributed by atoms with Crippen molar-refractivity contribution in [2.75, 3.05) is 44.9 Å². The molecule has 1 aromatic carbocycles. The number of carbonyl (C=O) groups is 2. The van der Waals surface area contributed by atoms with Crippen LogP contribution in [0.15, 0.2) is 36.7 Å². The van der Waals surface area contributed by atoms with Crippen LogP contribution in [0, 0.1) is 0 Å². The number of carbonyl (C=O) groups excluding carboxylic acids is 2. The van der Waals surface area contributed by atoms with E-state index in [0.717, 1.165) is 19.5 Å². The van der Waals surface area contributed by atoms with Crippen LogP contribution in [0.1, 0.15) is 27.3 Å². The van der Waals surface area contributed by atoms with Crippen LogP contribution in [0.3, 0.4) is 0 Å². The molecule has 2 N–H and O–H groups in total. The van der Waals surface area contributed by atoms with Crippen LogP contribution < -0.4 is 10.6 Å². The van der Waals surface area contributed by atoms with Gasteiger partial charge in [-0.2, -0.15) is 0 Å². The molecule has 0 radical (unpaired) electrons. The monoisotopic (exact) mass is 357 g/mol. The summed E-state index contributed by atoms with van der Waals surface area (Å²) < 4.78 is 4.67. The van der Waals surface area contributed by atoms with Crippen molar-refractivity contribution < 1.29 is 14.3 Å². The standard InChI is InChI=1S/C18H23N5O3/c1-23(2)9-5-8-19-16-11-15(20-12-21-16)17(24)22-14-7-4-6-13(10-14)18(25)26-3/h4,6-7,10-12H,5,8-9H2,1-3H3,(H,22,24)(H,19,20,21). The first-order valence-corrected chi connectivity index (χ1v) is 8.20. The predicted octanol–water partition coefficient (Wildman–Crippen LogP) is 1.88. The summed E-state index contributed by atoms with van der Waals surface area (Å²) in [4.78, 5) is 34.2. The van der Waals surface area contributed by atoms with E-state index in [2.05, 4.69) is 30.2 Å². The number of benzene rings is 1. The number of nitrogens with one attached hydrogen (secondary N) is 2. The van der Waals surface area contributed by atoms with Gasteiger partial charge in [0.25, 0.3) is 5.91 Å². The van der Waals surface area contributed by atoms with Crippen LogP contribution in [0.4, 0.5) is 11.5 Å². The second-order valence-electron chi connectivity index (χ2n) is 5.90. The average molecular weight is 357 g/mol. The fourth-order valence-electron chi connectivity index (χ4n) is 2.23. The molecule has 2 aromatic rings. The molecule has 0 saturated carbocycles. The van der Waals surface area contributed by atoms with Crippen LogP contribution in [-0.2, 0) is 4.74 Å². The number of aromatic nitrogens is 2. The van der Waals surface area contributed by atoms with Gasteiger partial charge in [-0.05, 0) is 45.3 Å². The van der Waals surface area contributed by atoms with Crippen LogP contribution in [0.2, 0.25) is 0 Å². The van der Waals surface area contributed by atoms with E-state index in [1.807, 2.05) is 14.1 Å². The molecule has 0 aliphatic carbocycles. The van der Waals surface area contributed by atoms with Gasteiger partial charge in [-0.3, -0.25) is 4.79 Å². The molecule has 8 nitrogen and oxygen atoms in total. The smallest absolute Gasteiger partial charge is 0.337 e. The SMILES string of the molecule is COC(=O)c1cccc(NC(=O)c2cc(NCCCN(C)C)ncn2)c1. The van der Waals surface area contributed by atoms with Crippen molar-refractivity contribution in [1.29, 1.82) is 0 Å². The van der Waals surface area contributed by atoms with Crippen LogP contribution in [0.25, 0.3) is 0 Å². The molecule has 138 valence electrons. The Labute approximate surface area is 152 Å². The van der Waals surface area contributed by atoms with Crippen molar-refractivity contribution in [3.05, 3.63) is 47.9 Å². The van der Waals surface area contributed by atoms with Crippen molar-refractivity contribution in [2.45, 2.75) is 6.42 Å². The highest BCUT2D eigenvalue weighted by molar-refractivity contribution is 6.03. The van der Waals surface area contributed by atoms with Gasteiger partial charge in [0.1, 0.15) is 17.8 Å². The molecule has 1 amide bonds. The minimum Gasteiger partial charge on any atom is -0.465 e. The summed E-state index contributed by atoms with van der Waals surface area (Å²) in [5, 5.41) is 5.89. The van der Waals surface area contributed by atoms with E-state index in [1.165, 1.54) is 13.4 Å². The first kappa shape index (κ1) is 19.3. The Balaban J connectivity index is 1.99. The minimum atomic E-state index is -0.465. The Morgan fingerprint density at radius 1 is 1.19 bits per heavy atom. The molecule has 0 fully saturated rings. The van der Waals surface area contributed by atoms with Gasteiger partial charge in [-0.15, -0.1) is 0 Å². The average Bonchev–Trinajstić information content (AvgIpc) is 2.65. The lowest BCUT2D eigenvalue weighted by Crippen LogP contribution is -2.17. The van der Waals surface area contributed by atoms with Gasteiger partial charge in [0.15, 0.2) is 0 Å². The third-order valence-electron chi connectivity index (χ3n) is 3.53. The maximum atomic E-state index is 12.4. The summed E-state index contributed by atoms with van der Waals surface area (Å²) in [6.45, 7) is 1.71. The topological polar surface area (TPSA) is 96.4 Å². The van der Waals surface area contributed by atoms with E-state index in [4.69, 9.17) is 0 Å². The Morgan fingerprint density at radius 3 is 2.73 bits per heavy atom. The van der Waals surface area contributed by atoms with Gasteiger partial charge >= 0.3 is 5.97 Å². The quantitative estimate of drug-likeness (QED) is 0.550. The number of rotatable bonds is 8. The van der Waals surface area contributed by atoms with Crippen molar-refractivity contribution >= 4 is 23.4 Å². The van der Waals surface area contributed by atoms with Crippen LogP contribution >= 0.6 is 0 Å². The summed E-state index contributed by atoms with van der Waals surface area (Å²) in [7, 11) is 5.34. The van der Waals surface area contributed by atoms with Crippen molar-refractivity contribution in [3.63, 3.8) is 0 Å². The second-order valence-corrected chi connectivity index (χ2v) is 5.90. The number of anilines is 2. The molecule has 1 heterocycles. The van der Waals surface area contributed by atoms with E-state index >= 15 is 0 Å². The molecule has 0 unspecified atom stereocenters. The molecule has 8 heteroatoms. The van der Waals surface area contributed by atoms with E-state index in [-0.39, 0.29) is 11.6 Å². The number of hydrogen-bond acceptors (Lipinski definition) is 7. The fraction of sp³-hybridized carbons (Fsp3) is 0.333. The molecular formula is C18H23N5O3. The number of methoxy groups -OCH3 is 1. The maximum Gasteiger partial charge on any atom is 0.337 e. The van der Waals surface area contributed by atoms with Gasteiger partial charge in [-0.25, -0.2) is 14.8 Å². The molecular weight excluding hydrogens is 334 g/mol. The Hall–Kier alpha value is -3.00. The molecule has 2 rings (SSSR count). The lowest BCUT2D eigenvalue weighted by molar-refractivity contribution is 0.0600. The zero-order chi connectivity index (χ0) is 18.9. The minimum absolute atomic E-state index is 0.235.